The van der Waals surface area contributed by atoms with Crippen LogP contribution in [0.15, 0.2) is 0 Å². The number of fused-ring (bicyclic) bond motifs is 2. The number of hydrogen-bond acceptors (Lipinski definition) is 1. The highest BCUT2D eigenvalue weighted by Crippen LogP contribution is 2.55. The zero-order valence-electron chi connectivity index (χ0n) is 6.80. The van der Waals surface area contributed by atoms with Gasteiger partial charge in [-0.05, 0) is 36.5 Å². The molecular formula is C9H16O. The maximum Gasteiger partial charge on any atom is 0.0622 e. The summed E-state index contributed by atoms with van der Waals surface area (Å²) in [7, 11) is 0. The number of aliphatic hydroxyl groups is 1. The quantitative estimate of drug-likeness (QED) is 0.544. The first-order valence-corrected chi connectivity index (χ1v) is 4.30. The molecule has 0 amide bonds. The van der Waals surface area contributed by atoms with Crippen molar-refractivity contribution < 1.29 is 5.11 Å². The van der Waals surface area contributed by atoms with Gasteiger partial charge in [-0.1, -0.05) is 13.8 Å². The molecule has 0 saturated heterocycles. The van der Waals surface area contributed by atoms with Gasteiger partial charge in [0.25, 0.3) is 0 Å². The lowest BCUT2D eigenvalue weighted by molar-refractivity contribution is 0.00432. The summed E-state index contributed by atoms with van der Waals surface area (Å²) < 4.78 is 0. The van der Waals surface area contributed by atoms with Gasteiger partial charge in [0.05, 0.1) is 6.10 Å². The van der Waals surface area contributed by atoms with E-state index in [0.717, 1.165) is 5.92 Å². The average Bonchev–Trinajstić information content (AvgIpc) is 2.37. The standard InChI is InChI=1S/C9H16O/c1-9(2)7-4-3-6(5-7)8(9)10/h6-8,10H,3-5H2,1-2H3. The fourth-order valence-corrected chi connectivity index (χ4v) is 2.83. The van der Waals surface area contributed by atoms with Crippen LogP contribution in [0.5, 0.6) is 0 Å². The summed E-state index contributed by atoms with van der Waals surface area (Å²) >= 11 is 0. The Hall–Kier alpha value is -0.0400. The van der Waals surface area contributed by atoms with Crippen molar-refractivity contribution in [1.82, 2.24) is 0 Å². The molecule has 1 N–H and O–H groups in total. The predicted molar refractivity (Wildman–Crippen MR) is 40.6 cm³/mol. The molecule has 0 aliphatic heterocycles. The van der Waals surface area contributed by atoms with E-state index < -0.39 is 0 Å². The molecular weight excluding hydrogens is 124 g/mol. The molecule has 3 atom stereocenters. The Bertz CT molecular complexity index is 147. The zero-order valence-corrected chi connectivity index (χ0v) is 6.80. The summed E-state index contributed by atoms with van der Waals surface area (Å²) in [6.45, 7) is 4.42. The molecule has 1 nitrogen and oxygen atoms in total. The Kier molecular flexibility index (Phi) is 1.17. The van der Waals surface area contributed by atoms with Crippen molar-refractivity contribution in [2.75, 3.05) is 0 Å². The molecule has 0 spiro atoms. The molecule has 0 radical (unpaired) electrons. The van der Waals surface area contributed by atoms with Crippen LogP contribution in [0.3, 0.4) is 0 Å². The summed E-state index contributed by atoms with van der Waals surface area (Å²) in [5, 5.41) is 9.75. The summed E-state index contributed by atoms with van der Waals surface area (Å²) in [6.07, 6.45) is 3.91. The van der Waals surface area contributed by atoms with Crippen LogP contribution < -0.4 is 0 Å². The molecule has 1 heteroatoms. The Balaban J connectivity index is 2.25. The van der Waals surface area contributed by atoms with Gasteiger partial charge >= 0.3 is 0 Å². The van der Waals surface area contributed by atoms with Crippen molar-refractivity contribution in [3.05, 3.63) is 0 Å². The molecule has 2 fully saturated rings. The van der Waals surface area contributed by atoms with Crippen LogP contribution in [-0.2, 0) is 0 Å². The van der Waals surface area contributed by atoms with Crippen LogP contribution in [0.1, 0.15) is 33.1 Å². The van der Waals surface area contributed by atoms with Gasteiger partial charge in [0, 0.05) is 0 Å². The van der Waals surface area contributed by atoms with Crippen LogP contribution in [0.25, 0.3) is 0 Å². The van der Waals surface area contributed by atoms with Crippen molar-refractivity contribution in [3.8, 4) is 0 Å². The summed E-state index contributed by atoms with van der Waals surface area (Å²) in [6, 6.07) is 0. The first kappa shape index (κ1) is 6.66. The van der Waals surface area contributed by atoms with Crippen molar-refractivity contribution in [2.24, 2.45) is 17.3 Å². The molecule has 0 aromatic carbocycles. The van der Waals surface area contributed by atoms with Gasteiger partial charge in [0.15, 0.2) is 0 Å². The first-order valence-electron chi connectivity index (χ1n) is 4.30. The highest BCUT2D eigenvalue weighted by Gasteiger charge is 2.51. The fourth-order valence-electron chi connectivity index (χ4n) is 2.83. The summed E-state index contributed by atoms with van der Waals surface area (Å²) in [5.74, 6) is 1.45. The predicted octanol–water partition coefficient (Wildman–Crippen LogP) is 1.80. The molecule has 2 saturated carbocycles. The van der Waals surface area contributed by atoms with Gasteiger partial charge in [-0.15, -0.1) is 0 Å². The summed E-state index contributed by atoms with van der Waals surface area (Å²) in [5.41, 5.74) is 0.225. The SMILES string of the molecule is CC1(C)C2CCC(C2)C1O. The van der Waals surface area contributed by atoms with Crippen LogP contribution in [0.2, 0.25) is 0 Å². The van der Waals surface area contributed by atoms with Crippen LogP contribution >= 0.6 is 0 Å². The van der Waals surface area contributed by atoms with E-state index >= 15 is 0 Å². The second-order valence-electron chi connectivity index (χ2n) is 4.54. The Morgan fingerprint density at radius 2 is 2.00 bits per heavy atom. The van der Waals surface area contributed by atoms with E-state index in [9.17, 15) is 5.11 Å². The highest BCUT2D eigenvalue weighted by atomic mass is 16.3. The third kappa shape index (κ3) is 0.619. The van der Waals surface area contributed by atoms with E-state index in [1.165, 1.54) is 19.3 Å². The minimum Gasteiger partial charge on any atom is -0.392 e. The molecule has 0 aromatic heterocycles. The van der Waals surface area contributed by atoms with Crippen LogP contribution in [0.4, 0.5) is 0 Å². The number of rotatable bonds is 0. The molecule has 0 heterocycles. The highest BCUT2D eigenvalue weighted by molar-refractivity contribution is 5.01. The van der Waals surface area contributed by atoms with Crippen molar-refractivity contribution in [1.29, 1.82) is 0 Å². The van der Waals surface area contributed by atoms with Gasteiger partial charge in [-0.25, -0.2) is 0 Å². The van der Waals surface area contributed by atoms with E-state index in [4.69, 9.17) is 0 Å². The lowest BCUT2D eigenvalue weighted by atomic mass is 9.74. The van der Waals surface area contributed by atoms with Crippen molar-refractivity contribution in [2.45, 2.75) is 39.2 Å². The Morgan fingerprint density at radius 1 is 1.30 bits per heavy atom. The van der Waals surface area contributed by atoms with Gasteiger partial charge < -0.3 is 5.11 Å². The Morgan fingerprint density at radius 3 is 2.30 bits per heavy atom. The molecule has 10 heavy (non-hydrogen) atoms. The molecule has 3 unspecified atom stereocenters. The summed E-state index contributed by atoms with van der Waals surface area (Å²) in [4.78, 5) is 0. The van der Waals surface area contributed by atoms with Gasteiger partial charge in [0.2, 0.25) is 0 Å². The Labute approximate surface area is 62.4 Å². The van der Waals surface area contributed by atoms with E-state index in [1.54, 1.807) is 0 Å². The van der Waals surface area contributed by atoms with E-state index in [1.807, 2.05) is 0 Å². The second kappa shape index (κ2) is 1.76. The fraction of sp³-hybridized carbons (Fsp3) is 1.00. The van der Waals surface area contributed by atoms with E-state index in [2.05, 4.69) is 13.8 Å². The molecule has 2 aliphatic rings. The maximum atomic E-state index is 9.75. The van der Waals surface area contributed by atoms with Crippen molar-refractivity contribution in [3.63, 3.8) is 0 Å². The topological polar surface area (TPSA) is 20.2 Å². The maximum absolute atomic E-state index is 9.75. The minimum absolute atomic E-state index is 0.00810. The smallest absolute Gasteiger partial charge is 0.0622 e. The average molecular weight is 140 g/mol. The zero-order chi connectivity index (χ0) is 7.35. The normalized spacial score (nSPS) is 50.1. The van der Waals surface area contributed by atoms with Gasteiger partial charge in [-0.3, -0.25) is 0 Å². The monoisotopic (exact) mass is 140 g/mol. The third-order valence-electron chi connectivity index (χ3n) is 3.73. The largest absolute Gasteiger partial charge is 0.392 e. The molecule has 2 bridgehead atoms. The van der Waals surface area contributed by atoms with Crippen LogP contribution in [-0.4, -0.2) is 11.2 Å². The molecule has 2 rings (SSSR count). The molecule has 2 aliphatic carbocycles. The second-order valence-corrected chi connectivity index (χ2v) is 4.54. The minimum atomic E-state index is -0.00810. The third-order valence-corrected chi connectivity index (χ3v) is 3.73. The number of aliphatic hydroxyl groups excluding tert-OH is 1. The van der Waals surface area contributed by atoms with Crippen LogP contribution in [0, 0.1) is 17.3 Å². The lowest BCUT2D eigenvalue weighted by Gasteiger charge is -2.34. The first-order chi connectivity index (χ1) is 4.62. The number of hydrogen-bond donors (Lipinski definition) is 1. The lowest BCUT2D eigenvalue weighted by Crippen LogP contribution is -2.34. The van der Waals surface area contributed by atoms with Crippen molar-refractivity contribution >= 4 is 0 Å². The molecule has 0 aromatic rings. The van der Waals surface area contributed by atoms with Gasteiger partial charge in [-0.2, -0.15) is 0 Å². The van der Waals surface area contributed by atoms with E-state index in [-0.39, 0.29) is 11.5 Å². The molecule has 58 valence electrons. The van der Waals surface area contributed by atoms with E-state index in [0.29, 0.717) is 5.92 Å². The van der Waals surface area contributed by atoms with Gasteiger partial charge in [0.1, 0.15) is 0 Å².